The van der Waals surface area contributed by atoms with Gasteiger partial charge in [0, 0.05) is 24.1 Å². The normalized spacial score (nSPS) is 19.4. The molecular weight excluding hydrogens is 258 g/mol. The van der Waals surface area contributed by atoms with E-state index >= 15 is 0 Å². The first-order valence-electron chi connectivity index (χ1n) is 8.30. The summed E-state index contributed by atoms with van der Waals surface area (Å²) in [5.41, 5.74) is 5.53. The molecule has 2 aliphatic rings. The molecule has 1 aromatic carbocycles. The van der Waals surface area contributed by atoms with Crippen molar-refractivity contribution in [2.45, 2.75) is 44.6 Å². The van der Waals surface area contributed by atoms with Gasteiger partial charge in [0.1, 0.15) is 0 Å². The molecule has 2 heterocycles. The Balaban J connectivity index is 1.86. The summed E-state index contributed by atoms with van der Waals surface area (Å²) in [7, 11) is 0. The van der Waals surface area contributed by atoms with E-state index in [0.717, 1.165) is 25.9 Å². The smallest absolute Gasteiger partial charge is 0.0720 e. The third-order valence-electron chi connectivity index (χ3n) is 4.90. The number of hydrogen-bond donors (Lipinski definition) is 1. The maximum Gasteiger partial charge on any atom is 0.0720 e. The molecule has 1 saturated carbocycles. The summed E-state index contributed by atoms with van der Waals surface area (Å²) in [5, 5.41) is 8.54. The first-order valence-corrected chi connectivity index (χ1v) is 8.30. The van der Waals surface area contributed by atoms with E-state index in [1.54, 1.807) is 0 Å². The van der Waals surface area contributed by atoms with Crippen molar-refractivity contribution < 1.29 is 0 Å². The van der Waals surface area contributed by atoms with Crippen LogP contribution >= 0.6 is 0 Å². The molecule has 0 bridgehead atoms. The van der Waals surface area contributed by atoms with Crippen LogP contribution in [0.15, 0.2) is 30.3 Å². The zero-order valence-corrected chi connectivity index (χ0v) is 12.5. The zero-order valence-electron chi connectivity index (χ0n) is 12.5. The lowest BCUT2D eigenvalue weighted by Gasteiger charge is -2.16. The predicted molar refractivity (Wildman–Crippen MR) is 85.4 cm³/mol. The number of benzene rings is 1. The van der Waals surface area contributed by atoms with Crippen LogP contribution in [0, 0.1) is 0 Å². The van der Waals surface area contributed by atoms with Crippen LogP contribution in [-0.4, -0.2) is 22.9 Å². The molecule has 2 aromatic rings. The van der Waals surface area contributed by atoms with Crippen LogP contribution in [0.4, 0.5) is 0 Å². The minimum absolute atomic E-state index is 0.611. The molecule has 3 nitrogen and oxygen atoms in total. The van der Waals surface area contributed by atoms with Gasteiger partial charge in [0.05, 0.1) is 17.4 Å². The van der Waals surface area contributed by atoms with E-state index < -0.39 is 0 Å². The Labute approximate surface area is 126 Å². The maximum absolute atomic E-state index is 5.05. The van der Waals surface area contributed by atoms with Crippen molar-refractivity contribution in [3.05, 3.63) is 41.6 Å². The molecule has 3 heteroatoms. The SMILES string of the molecule is c1ccc(-c2c3c(nn2C2CCCC2)CCNCC3)cc1. The van der Waals surface area contributed by atoms with Crippen molar-refractivity contribution in [3.63, 3.8) is 0 Å². The Morgan fingerprint density at radius 3 is 2.57 bits per heavy atom. The fourth-order valence-corrected chi connectivity index (χ4v) is 3.84. The maximum atomic E-state index is 5.05. The van der Waals surface area contributed by atoms with E-state index in [2.05, 4.69) is 40.3 Å². The minimum Gasteiger partial charge on any atom is -0.316 e. The molecule has 1 aliphatic carbocycles. The highest BCUT2D eigenvalue weighted by Gasteiger charge is 2.26. The van der Waals surface area contributed by atoms with Crippen LogP contribution in [0.2, 0.25) is 0 Å². The van der Waals surface area contributed by atoms with E-state index in [9.17, 15) is 0 Å². The average molecular weight is 281 g/mol. The van der Waals surface area contributed by atoms with Gasteiger partial charge in [0.15, 0.2) is 0 Å². The van der Waals surface area contributed by atoms with Crippen LogP contribution in [-0.2, 0) is 12.8 Å². The Hall–Kier alpha value is -1.61. The van der Waals surface area contributed by atoms with E-state index in [1.165, 1.54) is 48.2 Å². The molecular formula is C18H23N3. The summed E-state index contributed by atoms with van der Waals surface area (Å²) in [6.07, 6.45) is 7.45. The van der Waals surface area contributed by atoms with Crippen molar-refractivity contribution in [1.29, 1.82) is 0 Å². The molecule has 110 valence electrons. The number of nitrogens with one attached hydrogen (secondary N) is 1. The number of aromatic nitrogens is 2. The molecule has 0 atom stereocenters. The standard InChI is InChI=1S/C18H23N3/c1-2-6-14(7-3-1)18-16-10-12-19-13-11-17(16)20-21(18)15-8-4-5-9-15/h1-3,6-7,15,19H,4-5,8-13H2. The second-order valence-corrected chi connectivity index (χ2v) is 6.27. The number of fused-ring (bicyclic) bond motifs is 1. The summed E-state index contributed by atoms with van der Waals surface area (Å²) < 4.78 is 2.37. The van der Waals surface area contributed by atoms with Crippen molar-refractivity contribution in [2.75, 3.05) is 13.1 Å². The van der Waals surface area contributed by atoms with Gasteiger partial charge in [-0.05, 0) is 25.8 Å². The van der Waals surface area contributed by atoms with Gasteiger partial charge < -0.3 is 5.32 Å². The van der Waals surface area contributed by atoms with E-state index in [-0.39, 0.29) is 0 Å². The van der Waals surface area contributed by atoms with Crippen molar-refractivity contribution in [3.8, 4) is 11.3 Å². The van der Waals surface area contributed by atoms with E-state index in [4.69, 9.17) is 5.10 Å². The molecule has 1 aromatic heterocycles. The first-order chi connectivity index (χ1) is 10.4. The molecule has 21 heavy (non-hydrogen) atoms. The number of hydrogen-bond acceptors (Lipinski definition) is 2. The molecule has 0 spiro atoms. The Morgan fingerprint density at radius 2 is 1.76 bits per heavy atom. The van der Waals surface area contributed by atoms with Gasteiger partial charge in [-0.15, -0.1) is 0 Å². The molecule has 1 aliphatic heterocycles. The van der Waals surface area contributed by atoms with Gasteiger partial charge in [-0.25, -0.2) is 0 Å². The van der Waals surface area contributed by atoms with Crippen LogP contribution in [0.3, 0.4) is 0 Å². The minimum atomic E-state index is 0.611. The molecule has 0 saturated heterocycles. The first kappa shape index (κ1) is 13.1. The Kier molecular flexibility index (Phi) is 3.52. The third kappa shape index (κ3) is 2.40. The second-order valence-electron chi connectivity index (χ2n) is 6.27. The summed E-state index contributed by atoms with van der Waals surface area (Å²) in [5.74, 6) is 0. The zero-order chi connectivity index (χ0) is 14.1. The van der Waals surface area contributed by atoms with E-state index in [1.807, 2.05) is 0 Å². The van der Waals surface area contributed by atoms with Crippen LogP contribution in [0.25, 0.3) is 11.3 Å². The molecule has 4 rings (SSSR count). The fourth-order valence-electron chi connectivity index (χ4n) is 3.84. The molecule has 0 unspecified atom stereocenters. The van der Waals surface area contributed by atoms with Gasteiger partial charge in [-0.1, -0.05) is 43.2 Å². The quantitative estimate of drug-likeness (QED) is 0.915. The summed E-state index contributed by atoms with van der Waals surface area (Å²) in [6, 6.07) is 11.5. The number of nitrogens with zero attached hydrogens (tertiary/aromatic N) is 2. The van der Waals surface area contributed by atoms with Crippen LogP contribution in [0.1, 0.15) is 43.0 Å². The van der Waals surface area contributed by atoms with Crippen LogP contribution in [0.5, 0.6) is 0 Å². The monoisotopic (exact) mass is 281 g/mol. The largest absolute Gasteiger partial charge is 0.316 e. The Bertz CT molecular complexity index is 609. The molecule has 1 fully saturated rings. The van der Waals surface area contributed by atoms with Crippen molar-refractivity contribution in [2.24, 2.45) is 0 Å². The Morgan fingerprint density at radius 1 is 1.00 bits per heavy atom. The summed E-state index contributed by atoms with van der Waals surface area (Å²) in [4.78, 5) is 0. The van der Waals surface area contributed by atoms with Gasteiger partial charge >= 0.3 is 0 Å². The molecule has 1 N–H and O–H groups in total. The second kappa shape index (κ2) is 5.64. The highest BCUT2D eigenvalue weighted by atomic mass is 15.3. The number of rotatable bonds is 2. The topological polar surface area (TPSA) is 29.9 Å². The van der Waals surface area contributed by atoms with Gasteiger partial charge in [-0.3, -0.25) is 4.68 Å². The van der Waals surface area contributed by atoms with Gasteiger partial charge in [0.25, 0.3) is 0 Å². The van der Waals surface area contributed by atoms with Gasteiger partial charge in [-0.2, -0.15) is 5.10 Å². The predicted octanol–water partition coefficient (Wildman–Crippen LogP) is 3.35. The van der Waals surface area contributed by atoms with E-state index in [0.29, 0.717) is 6.04 Å². The summed E-state index contributed by atoms with van der Waals surface area (Å²) >= 11 is 0. The van der Waals surface area contributed by atoms with Gasteiger partial charge in [0.2, 0.25) is 0 Å². The van der Waals surface area contributed by atoms with Crippen LogP contribution < -0.4 is 5.32 Å². The third-order valence-corrected chi connectivity index (χ3v) is 4.90. The lowest BCUT2D eigenvalue weighted by molar-refractivity contribution is 0.466. The molecule has 0 amide bonds. The van der Waals surface area contributed by atoms with Crippen molar-refractivity contribution >= 4 is 0 Å². The van der Waals surface area contributed by atoms with Crippen molar-refractivity contribution in [1.82, 2.24) is 15.1 Å². The lowest BCUT2D eigenvalue weighted by atomic mass is 10.0. The highest BCUT2D eigenvalue weighted by Crippen LogP contribution is 2.36. The highest BCUT2D eigenvalue weighted by molar-refractivity contribution is 5.65. The average Bonchev–Trinajstić information content (AvgIpc) is 3.11. The fraction of sp³-hybridized carbons (Fsp3) is 0.500. The molecule has 0 radical (unpaired) electrons. The lowest BCUT2D eigenvalue weighted by Crippen LogP contribution is -2.17. The summed E-state index contributed by atoms with van der Waals surface area (Å²) in [6.45, 7) is 2.13.